The molecule has 154 valence electrons. The van der Waals surface area contributed by atoms with Crippen LogP contribution in [0.5, 0.6) is 0 Å². The second-order valence-corrected chi connectivity index (χ2v) is 12.7. The third kappa shape index (κ3) is 4.14. The van der Waals surface area contributed by atoms with Crippen molar-refractivity contribution in [2.45, 2.75) is 75.6 Å². The van der Waals surface area contributed by atoms with Gasteiger partial charge in [0.15, 0.2) is 9.84 Å². The van der Waals surface area contributed by atoms with Gasteiger partial charge in [-0.05, 0) is 87.9 Å². The average Bonchev–Trinajstić information content (AvgIpc) is 2.53. The Hall–Kier alpha value is -0.820. The first kappa shape index (κ1) is 19.5. The second-order valence-electron chi connectivity index (χ2n) is 10.1. The molecule has 2 amide bonds. The van der Waals surface area contributed by atoms with Crippen LogP contribution in [0.2, 0.25) is 0 Å². The standard InChI is InChI=1S/C20H34N2O4S/c1-14-6-15(2-5-27(14,25)26)12-22-18(23)21-4-3-19-8-16-7-17(9-19)11-20(24,10-16)13-19/h14-17,24H,2-13H2,1H3,(H2,21,22,23)/t14-,15+,16?,17?,19?,20?/m1/s1. The van der Waals surface area contributed by atoms with Crippen molar-refractivity contribution in [3.05, 3.63) is 0 Å². The van der Waals surface area contributed by atoms with Crippen molar-refractivity contribution in [3.8, 4) is 0 Å². The zero-order chi connectivity index (χ0) is 19.3. The van der Waals surface area contributed by atoms with Crippen molar-refractivity contribution in [2.24, 2.45) is 23.2 Å². The van der Waals surface area contributed by atoms with Crippen molar-refractivity contribution in [3.63, 3.8) is 0 Å². The van der Waals surface area contributed by atoms with Gasteiger partial charge >= 0.3 is 6.03 Å². The zero-order valence-electron chi connectivity index (χ0n) is 16.4. The summed E-state index contributed by atoms with van der Waals surface area (Å²) in [5, 5.41) is 16.4. The van der Waals surface area contributed by atoms with Gasteiger partial charge in [-0.25, -0.2) is 13.2 Å². The molecule has 7 heteroatoms. The number of aliphatic hydroxyl groups is 1. The van der Waals surface area contributed by atoms with Gasteiger partial charge in [-0.3, -0.25) is 0 Å². The van der Waals surface area contributed by atoms with E-state index < -0.39 is 15.4 Å². The number of amides is 2. The van der Waals surface area contributed by atoms with Crippen LogP contribution in [0.1, 0.15) is 64.7 Å². The minimum atomic E-state index is -2.92. The summed E-state index contributed by atoms with van der Waals surface area (Å²) in [5.74, 6) is 1.83. The Morgan fingerprint density at radius 3 is 2.44 bits per heavy atom. The molecule has 0 aromatic heterocycles. The molecule has 5 rings (SSSR count). The predicted octanol–water partition coefficient (Wildman–Crippen LogP) is 2.22. The van der Waals surface area contributed by atoms with E-state index in [1.54, 1.807) is 6.92 Å². The summed E-state index contributed by atoms with van der Waals surface area (Å²) in [6, 6.07) is -0.153. The molecule has 2 unspecified atom stereocenters. The molecule has 4 aliphatic carbocycles. The fraction of sp³-hybridized carbons (Fsp3) is 0.950. The van der Waals surface area contributed by atoms with E-state index in [0.717, 1.165) is 25.7 Å². The Balaban J connectivity index is 1.19. The topological polar surface area (TPSA) is 95.5 Å². The van der Waals surface area contributed by atoms with E-state index in [0.29, 0.717) is 37.8 Å². The van der Waals surface area contributed by atoms with Gasteiger partial charge in [0.05, 0.1) is 16.6 Å². The molecule has 1 heterocycles. The second kappa shape index (κ2) is 6.90. The van der Waals surface area contributed by atoms with E-state index in [1.165, 1.54) is 19.3 Å². The highest BCUT2D eigenvalue weighted by Gasteiger charge is 2.56. The summed E-state index contributed by atoms with van der Waals surface area (Å²) in [6.45, 7) is 2.96. The van der Waals surface area contributed by atoms with Gasteiger partial charge in [-0.2, -0.15) is 0 Å². The summed E-state index contributed by atoms with van der Waals surface area (Å²) in [7, 11) is -2.92. The molecule has 1 saturated heterocycles. The minimum Gasteiger partial charge on any atom is -0.390 e. The van der Waals surface area contributed by atoms with Gasteiger partial charge in [0.1, 0.15) is 0 Å². The van der Waals surface area contributed by atoms with Crippen LogP contribution in [0.15, 0.2) is 0 Å². The molecule has 4 saturated carbocycles. The number of carbonyl (C=O) groups is 1. The average molecular weight is 399 g/mol. The summed E-state index contributed by atoms with van der Waals surface area (Å²) in [4.78, 5) is 12.2. The minimum absolute atomic E-state index is 0.153. The van der Waals surface area contributed by atoms with Crippen LogP contribution >= 0.6 is 0 Å². The number of hydrogen-bond acceptors (Lipinski definition) is 4. The van der Waals surface area contributed by atoms with E-state index in [9.17, 15) is 18.3 Å². The number of hydrogen-bond donors (Lipinski definition) is 3. The largest absolute Gasteiger partial charge is 0.390 e. The Labute approximate surface area is 162 Å². The molecule has 4 atom stereocenters. The highest BCUT2D eigenvalue weighted by molar-refractivity contribution is 7.92. The maximum absolute atomic E-state index is 12.2. The summed E-state index contributed by atoms with van der Waals surface area (Å²) < 4.78 is 23.5. The molecule has 3 N–H and O–H groups in total. The van der Waals surface area contributed by atoms with Crippen LogP contribution in [0.3, 0.4) is 0 Å². The van der Waals surface area contributed by atoms with Crippen molar-refractivity contribution in [2.75, 3.05) is 18.8 Å². The van der Waals surface area contributed by atoms with Crippen molar-refractivity contribution in [1.29, 1.82) is 0 Å². The number of nitrogens with one attached hydrogen (secondary N) is 2. The molecule has 0 radical (unpaired) electrons. The molecule has 0 aromatic carbocycles. The van der Waals surface area contributed by atoms with E-state index in [2.05, 4.69) is 10.6 Å². The lowest BCUT2D eigenvalue weighted by Gasteiger charge is -2.60. The molecule has 1 aliphatic heterocycles. The Bertz CT molecular complexity index is 678. The molecular weight excluding hydrogens is 364 g/mol. The van der Waals surface area contributed by atoms with Crippen LogP contribution in [-0.2, 0) is 9.84 Å². The lowest BCUT2D eigenvalue weighted by Crippen LogP contribution is -2.56. The van der Waals surface area contributed by atoms with Crippen LogP contribution in [0.25, 0.3) is 0 Å². The monoisotopic (exact) mass is 398 g/mol. The van der Waals surface area contributed by atoms with Gasteiger partial charge in [-0.15, -0.1) is 0 Å². The normalized spacial score (nSPS) is 44.8. The first-order valence-corrected chi connectivity index (χ1v) is 12.3. The quantitative estimate of drug-likeness (QED) is 0.662. The maximum atomic E-state index is 12.2. The molecule has 0 aromatic rings. The zero-order valence-corrected chi connectivity index (χ0v) is 17.2. The third-order valence-corrected chi connectivity index (χ3v) is 9.96. The molecule has 0 spiro atoms. The molecule has 6 nitrogen and oxygen atoms in total. The number of rotatable bonds is 5. The fourth-order valence-electron chi connectivity index (χ4n) is 6.89. The van der Waals surface area contributed by atoms with E-state index in [-0.39, 0.29) is 28.4 Å². The third-order valence-electron chi connectivity index (χ3n) is 7.73. The van der Waals surface area contributed by atoms with E-state index in [4.69, 9.17) is 0 Å². The van der Waals surface area contributed by atoms with E-state index >= 15 is 0 Å². The van der Waals surface area contributed by atoms with Crippen molar-refractivity contribution < 1.29 is 18.3 Å². The van der Waals surface area contributed by atoms with Crippen LogP contribution in [0, 0.1) is 23.2 Å². The van der Waals surface area contributed by atoms with Gasteiger partial charge < -0.3 is 15.7 Å². The summed E-state index contributed by atoms with van der Waals surface area (Å²) in [6.07, 6.45) is 8.80. The lowest BCUT2D eigenvalue weighted by atomic mass is 9.47. The summed E-state index contributed by atoms with van der Waals surface area (Å²) in [5.41, 5.74) is -0.219. The fourth-order valence-corrected chi connectivity index (χ4v) is 8.52. The lowest BCUT2D eigenvalue weighted by molar-refractivity contribution is -0.165. The SMILES string of the molecule is C[C@@H]1C[C@@H](CNC(=O)NCCC23CC4CC(CC(O)(C4)C2)C3)CCS1(=O)=O. The number of urea groups is 1. The first-order valence-electron chi connectivity index (χ1n) is 10.6. The van der Waals surface area contributed by atoms with Gasteiger partial charge in [0.2, 0.25) is 0 Å². The van der Waals surface area contributed by atoms with Gasteiger partial charge in [0, 0.05) is 13.1 Å². The molecule has 4 bridgehead atoms. The summed E-state index contributed by atoms with van der Waals surface area (Å²) >= 11 is 0. The van der Waals surface area contributed by atoms with E-state index in [1.807, 2.05) is 0 Å². The molecule has 27 heavy (non-hydrogen) atoms. The molecule has 5 aliphatic rings. The molecule has 5 fully saturated rings. The Morgan fingerprint density at radius 2 is 1.81 bits per heavy atom. The highest BCUT2D eigenvalue weighted by Crippen LogP contribution is 2.62. The maximum Gasteiger partial charge on any atom is 0.314 e. The molecular formula is C20H34N2O4S. The smallest absolute Gasteiger partial charge is 0.314 e. The Kier molecular flexibility index (Phi) is 4.98. The number of sulfone groups is 1. The first-order chi connectivity index (χ1) is 12.7. The van der Waals surface area contributed by atoms with Crippen LogP contribution < -0.4 is 10.6 Å². The van der Waals surface area contributed by atoms with Crippen molar-refractivity contribution in [1.82, 2.24) is 10.6 Å². The van der Waals surface area contributed by atoms with Crippen molar-refractivity contribution >= 4 is 15.9 Å². The number of carbonyl (C=O) groups excluding carboxylic acids is 1. The van der Waals surface area contributed by atoms with Gasteiger partial charge in [-0.1, -0.05) is 0 Å². The Morgan fingerprint density at radius 1 is 1.11 bits per heavy atom. The predicted molar refractivity (Wildman–Crippen MR) is 104 cm³/mol. The van der Waals surface area contributed by atoms with Crippen LogP contribution in [0.4, 0.5) is 4.79 Å². The van der Waals surface area contributed by atoms with Gasteiger partial charge in [0.25, 0.3) is 0 Å². The highest BCUT2D eigenvalue weighted by atomic mass is 32.2. The van der Waals surface area contributed by atoms with Crippen LogP contribution in [-0.4, -0.2) is 49.2 Å².